The zero-order valence-electron chi connectivity index (χ0n) is 10.6. The van der Waals surface area contributed by atoms with Crippen LogP contribution in [-0.4, -0.2) is 10.9 Å². The fraction of sp³-hybridized carbons (Fsp3) is 0.200. The molecule has 1 aromatic heterocycles. The SMILES string of the molecule is CCC(=O)Nc1ccc2c(c1)OCc1cnccc1-2. The number of pyridine rings is 1. The number of nitrogens with zero attached hydrogens (tertiary/aromatic N) is 1. The second kappa shape index (κ2) is 4.72. The van der Waals surface area contributed by atoms with Gasteiger partial charge in [0.05, 0.1) is 0 Å². The summed E-state index contributed by atoms with van der Waals surface area (Å²) in [5.74, 6) is 0.799. The van der Waals surface area contributed by atoms with Gasteiger partial charge in [0.15, 0.2) is 0 Å². The van der Waals surface area contributed by atoms with Gasteiger partial charge in [-0.1, -0.05) is 6.92 Å². The van der Waals surface area contributed by atoms with Crippen molar-refractivity contribution >= 4 is 11.6 Å². The molecule has 1 amide bonds. The lowest BCUT2D eigenvalue weighted by atomic mass is 9.98. The van der Waals surface area contributed by atoms with E-state index in [-0.39, 0.29) is 5.91 Å². The van der Waals surface area contributed by atoms with Crippen LogP contribution in [0.5, 0.6) is 5.75 Å². The Balaban J connectivity index is 1.98. The minimum Gasteiger partial charge on any atom is -0.488 e. The highest BCUT2D eigenvalue weighted by Crippen LogP contribution is 2.38. The number of ether oxygens (including phenoxy) is 1. The van der Waals surface area contributed by atoms with Gasteiger partial charge in [-0.2, -0.15) is 0 Å². The number of carbonyl (C=O) groups is 1. The number of benzene rings is 1. The first-order valence-electron chi connectivity index (χ1n) is 6.28. The minimum absolute atomic E-state index is 0.000333. The molecule has 0 saturated heterocycles. The van der Waals surface area contributed by atoms with Crippen molar-refractivity contribution in [2.24, 2.45) is 0 Å². The molecule has 4 nitrogen and oxygen atoms in total. The number of nitrogens with one attached hydrogen (secondary N) is 1. The molecule has 1 N–H and O–H groups in total. The second-order valence-electron chi connectivity index (χ2n) is 4.43. The van der Waals surface area contributed by atoms with Gasteiger partial charge in [-0.05, 0) is 23.8 Å². The van der Waals surface area contributed by atoms with Gasteiger partial charge in [0.25, 0.3) is 0 Å². The van der Waals surface area contributed by atoms with Crippen molar-refractivity contribution in [1.82, 2.24) is 4.98 Å². The number of anilines is 1. The van der Waals surface area contributed by atoms with Gasteiger partial charge in [-0.3, -0.25) is 9.78 Å². The zero-order chi connectivity index (χ0) is 13.2. The lowest BCUT2D eigenvalue weighted by Crippen LogP contribution is -2.11. The number of fused-ring (bicyclic) bond motifs is 3. The first-order chi connectivity index (χ1) is 9.28. The molecule has 2 aromatic rings. The van der Waals surface area contributed by atoms with Crippen molar-refractivity contribution in [3.05, 3.63) is 42.2 Å². The number of hydrogen-bond donors (Lipinski definition) is 1. The van der Waals surface area contributed by atoms with E-state index in [0.717, 1.165) is 28.1 Å². The third-order valence-corrected chi connectivity index (χ3v) is 3.16. The number of amides is 1. The molecule has 4 heteroatoms. The van der Waals surface area contributed by atoms with Crippen LogP contribution < -0.4 is 10.1 Å². The van der Waals surface area contributed by atoms with Crippen LogP contribution in [0.1, 0.15) is 18.9 Å². The molecule has 0 fully saturated rings. The van der Waals surface area contributed by atoms with E-state index in [2.05, 4.69) is 10.3 Å². The predicted octanol–water partition coefficient (Wildman–Crippen LogP) is 2.99. The third-order valence-electron chi connectivity index (χ3n) is 3.16. The van der Waals surface area contributed by atoms with Crippen LogP contribution in [0, 0.1) is 0 Å². The molecular weight excluding hydrogens is 240 g/mol. The van der Waals surface area contributed by atoms with E-state index >= 15 is 0 Å². The molecular formula is C15H14N2O2. The Morgan fingerprint density at radius 1 is 1.37 bits per heavy atom. The van der Waals surface area contributed by atoms with E-state index in [4.69, 9.17) is 4.74 Å². The maximum atomic E-state index is 11.4. The van der Waals surface area contributed by atoms with E-state index < -0.39 is 0 Å². The molecule has 1 aromatic carbocycles. The maximum absolute atomic E-state index is 11.4. The van der Waals surface area contributed by atoms with Gasteiger partial charge >= 0.3 is 0 Å². The molecule has 0 aliphatic carbocycles. The van der Waals surface area contributed by atoms with Gasteiger partial charge in [0.1, 0.15) is 12.4 Å². The van der Waals surface area contributed by atoms with Crippen LogP contribution in [0.2, 0.25) is 0 Å². The van der Waals surface area contributed by atoms with Crippen LogP contribution in [-0.2, 0) is 11.4 Å². The van der Waals surface area contributed by atoms with E-state index in [1.165, 1.54) is 0 Å². The van der Waals surface area contributed by atoms with Crippen LogP contribution in [0.25, 0.3) is 11.1 Å². The van der Waals surface area contributed by atoms with Crippen LogP contribution >= 0.6 is 0 Å². The van der Waals surface area contributed by atoms with Crippen molar-refractivity contribution in [2.75, 3.05) is 5.32 Å². The minimum atomic E-state index is 0.000333. The summed E-state index contributed by atoms with van der Waals surface area (Å²) in [7, 11) is 0. The zero-order valence-corrected chi connectivity index (χ0v) is 10.6. The van der Waals surface area contributed by atoms with Gasteiger partial charge in [-0.25, -0.2) is 0 Å². The highest BCUT2D eigenvalue weighted by molar-refractivity contribution is 5.91. The molecule has 3 rings (SSSR count). The molecule has 0 bridgehead atoms. The quantitative estimate of drug-likeness (QED) is 0.896. The average molecular weight is 254 g/mol. The summed E-state index contributed by atoms with van der Waals surface area (Å²) in [5.41, 5.74) is 4.03. The molecule has 96 valence electrons. The maximum Gasteiger partial charge on any atom is 0.224 e. The van der Waals surface area contributed by atoms with Gasteiger partial charge < -0.3 is 10.1 Å². The fourth-order valence-electron chi connectivity index (χ4n) is 2.15. The Kier molecular flexibility index (Phi) is 2.91. The van der Waals surface area contributed by atoms with E-state index in [9.17, 15) is 4.79 Å². The van der Waals surface area contributed by atoms with Gasteiger partial charge in [0, 0.05) is 41.7 Å². The highest BCUT2D eigenvalue weighted by atomic mass is 16.5. The Morgan fingerprint density at radius 2 is 2.26 bits per heavy atom. The normalized spacial score (nSPS) is 12.1. The number of aromatic nitrogens is 1. The summed E-state index contributed by atoms with van der Waals surface area (Å²) in [6.45, 7) is 2.34. The van der Waals surface area contributed by atoms with Crippen molar-refractivity contribution in [3.63, 3.8) is 0 Å². The Labute approximate surface area is 111 Å². The van der Waals surface area contributed by atoms with Crippen LogP contribution in [0.15, 0.2) is 36.7 Å². The summed E-state index contributed by atoms with van der Waals surface area (Å²) in [5, 5.41) is 2.83. The lowest BCUT2D eigenvalue weighted by molar-refractivity contribution is -0.115. The highest BCUT2D eigenvalue weighted by Gasteiger charge is 2.17. The van der Waals surface area contributed by atoms with Crippen molar-refractivity contribution < 1.29 is 9.53 Å². The van der Waals surface area contributed by atoms with E-state index in [1.807, 2.05) is 37.4 Å². The third kappa shape index (κ3) is 2.17. The average Bonchev–Trinajstić information content (AvgIpc) is 2.46. The summed E-state index contributed by atoms with van der Waals surface area (Å²) < 4.78 is 5.71. The molecule has 0 unspecified atom stereocenters. The molecule has 19 heavy (non-hydrogen) atoms. The van der Waals surface area contributed by atoms with Crippen LogP contribution in [0.4, 0.5) is 5.69 Å². The lowest BCUT2D eigenvalue weighted by Gasteiger charge is -2.21. The number of carbonyl (C=O) groups excluding carboxylic acids is 1. The van der Waals surface area contributed by atoms with Gasteiger partial charge in [0.2, 0.25) is 5.91 Å². The van der Waals surface area contributed by atoms with Crippen molar-refractivity contribution in [3.8, 4) is 16.9 Å². The summed E-state index contributed by atoms with van der Waals surface area (Å²) >= 11 is 0. The summed E-state index contributed by atoms with van der Waals surface area (Å²) in [4.78, 5) is 15.5. The smallest absolute Gasteiger partial charge is 0.224 e. The van der Waals surface area contributed by atoms with Crippen molar-refractivity contribution in [2.45, 2.75) is 20.0 Å². The largest absolute Gasteiger partial charge is 0.488 e. The summed E-state index contributed by atoms with van der Waals surface area (Å²) in [6, 6.07) is 7.72. The number of rotatable bonds is 2. The van der Waals surface area contributed by atoms with E-state index in [1.54, 1.807) is 6.20 Å². The molecule has 1 aliphatic rings. The van der Waals surface area contributed by atoms with E-state index in [0.29, 0.717) is 13.0 Å². The molecule has 0 saturated carbocycles. The molecule has 0 spiro atoms. The standard InChI is InChI=1S/C15H14N2O2/c1-2-15(18)17-11-3-4-13-12-5-6-16-8-10(12)9-19-14(13)7-11/h3-8H,2,9H2,1H3,(H,17,18). The second-order valence-corrected chi connectivity index (χ2v) is 4.43. The Morgan fingerprint density at radius 3 is 3.11 bits per heavy atom. The molecule has 2 heterocycles. The predicted molar refractivity (Wildman–Crippen MR) is 72.9 cm³/mol. The van der Waals surface area contributed by atoms with Crippen LogP contribution in [0.3, 0.4) is 0 Å². The molecule has 0 atom stereocenters. The van der Waals surface area contributed by atoms with Gasteiger partial charge in [-0.15, -0.1) is 0 Å². The Hall–Kier alpha value is -2.36. The topological polar surface area (TPSA) is 51.2 Å². The first-order valence-corrected chi connectivity index (χ1v) is 6.28. The first kappa shape index (κ1) is 11.7. The molecule has 0 radical (unpaired) electrons. The molecule has 1 aliphatic heterocycles. The monoisotopic (exact) mass is 254 g/mol. The fourth-order valence-corrected chi connectivity index (χ4v) is 2.15. The summed E-state index contributed by atoms with van der Waals surface area (Å²) in [6.07, 6.45) is 4.07. The Bertz CT molecular complexity index is 638. The number of hydrogen-bond acceptors (Lipinski definition) is 3. The van der Waals surface area contributed by atoms with Crippen molar-refractivity contribution in [1.29, 1.82) is 0 Å².